The van der Waals surface area contributed by atoms with Crippen LogP contribution in [0.4, 0.5) is 0 Å². The molecule has 24 heavy (non-hydrogen) atoms. The van der Waals surface area contributed by atoms with Gasteiger partial charge in [-0.25, -0.2) is 13.4 Å². The molecular formula is C14H13N5O3S2. The van der Waals surface area contributed by atoms with Crippen LogP contribution in [0.25, 0.3) is 11.0 Å². The van der Waals surface area contributed by atoms with Crippen LogP contribution in [-0.4, -0.2) is 47.4 Å². The van der Waals surface area contributed by atoms with Crippen molar-refractivity contribution in [3.05, 3.63) is 40.3 Å². The summed E-state index contributed by atoms with van der Waals surface area (Å²) in [5, 5.41) is 12.0. The maximum atomic E-state index is 12.5. The van der Waals surface area contributed by atoms with Crippen molar-refractivity contribution in [1.29, 1.82) is 0 Å². The van der Waals surface area contributed by atoms with E-state index in [-0.39, 0.29) is 23.0 Å². The van der Waals surface area contributed by atoms with Gasteiger partial charge in [-0.1, -0.05) is 0 Å². The Morgan fingerprint density at radius 1 is 1.42 bits per heavy atom. The fourth-order valence-corrected chi connectivity index (χ4v) is 5.38. The van der Waals surface area contributed by atoms with Crippen molar-refractivity contribution in [3.63, 3.8) is 0 Å². The number of likely N-dealkylation sites (N-methyl/N-ethyl adjacent to an activating group) is 1. The highest BCUT2D eigenvalue weighted by Gasteiger charge is 2.36. The van der Waals surface area contributed by atoms with Crippen molar-refractivity contribution in [1.82, 2.24) is 24.8 Å². The maximum absolute atomic E-state index is 12.5. The number of nitrogens with one attached hydrogen (secondary N) is 2. The highest BCUT2D eigenvalue weighted by molar-refractivity contribution is 7.89. The first kappa shape index (κ1) is 15.2. The number of fused-ring (bicyclic) bond motifs is 2. The zero-order valence-corrected chi connectivity index (χ0v) is 14.2. The molecule has 0 aliphatic carbocycles. The number of aromatic nitrogens is 3. The first-order valence-electron chi connectivity index (χ1n) is 7.11. The van der Waals surface area contributed by atoms with Gasteiger partial charge in [0.1, 0.15) is 5.69 Å². The summed E-state index contributed by atoms with van der Waals surface area (Å²) < 4.78 is 25.8. The third kappa shape index (κ3) is 2.30. The number of sulfonamides is 1. The minimum absolute atomic E-state index is 0.188. The summed E-state index contributed by atoms with van der Waals surface area (Å²) in [7, 11) is -1.96. The molecule has 2 N–H and O–H groups in total. The Morgan fingerprint density at radius 3 is 3.08 bits per heavy atom. The Kier molecular flexibility index (Phi) is 3.41. The van der Waals surface area contributed by atoms with Crippen molar-refractivity contribution in [2.75, 3.05) is 13.6 Å². The van der Waals surface area contributed by atoms with Crippen LogP contribution in [0.3, 0.4) is 0 Å². The summed E-state index contributed by atoms with van der Waals surface area (Å²) in [6, 6.07) is 4.54. The minimum Gasteiger partial charge on any atom is -0.342 e. The fourth-order valence-electron chi connectivity index (χ4n) is 2.68. The van der Waals surface area contributed by atoms with Crippen LogP contribution in [0.2, 0.25) is 0 Å². The monoisotopic (exact) mass is 363 g/mol. The van der Waals surface area contributed by atoms with E-state index >= 15 is 0 Å². The van der Waals surface area contributed by atoms with Gasteiger partial charge in [0, 0.05) is 23.9 Å². The largest absolute Gasteiger partial charge is 0.342 e. The Bertz CT molecular complexity index is 1040. The number of amides is 1. The van der Waals surface area contributed by atoms with Crippen molar-refractivity contribution < 1.29 is 13.2 Å². The van der Waals surface area contributed by atoms with Crippen molar-refractivity contribution in [2.24, 2.45) is 0 Å². The standard InChI is InChI=1S/C14H13N5O3S2/c1-19-7-10(12-11(4-5-23-12)24(19,21)22)17-14(20)9-3-2-8-6-15-18-13(8)16-9/h2-6,10H,7H2,1H3,(H,17,20)(H,15,16,18). The lowest BCUT2D eigenvalue weighted by Gasteiger charge is -2.29. The smallest absolute Gasteiger partial charge is 0.270 e. The molecule has 3 aromatic rings. The number of pyridine rings is 1. The minimum atomic E-state index is -3.47. The number of thiophene rings is 1. The van der Waals surface area contributed by atoms with Gasteiger partial charge in [0.2, 0.25) is 10.0 Å². The molecule has 4 heterocycles. The predicted octanol–water partition coefficient (Wildman–Crippen LogP) is 1.12. The zero-order chi connectivity index (χ0) is 16.9. The molecule has 3 aromatic heterocycles. The van der Waals surface area contributed by atoms with E-state index in [0.717, 1.165) is 5.39 Å². The quantitative estimate of drug-likeness (QED) is 0.709. The second-order valence-electron chi connectivity index (χ2n) is 5.47. The molecule has 0 saturated heterocycles. The Morgan fingerprint density at radius 2 is 2.25 bits per heavy atom. The molecule has 0 saturated carbocycles. The van der Waals surface area contributed by atoms with Crippen LogP contribution in [0.5, 0.6) is 0 Å². The second kappa shape index (κ2) is 5.36. The van der Waals surface area contributed by atoms with Crippen molar-refractivity contribution >= 4 is 38.3 Å². The number of rotatable bonds is 2. The molecule has 1 aliphatic heterocycles. The van der Waals surface area contributed by atoms with Gasteiger partial charge in [-0.05, 0) is 23.6 Å². The van der Waals surface area contributed by atoms with E-state index in [4.69, 9.17) is 0 Å². The fraction of sp³-hybridized carbons (Fsp3) is 0.214. The highest BCUT2D eigenvalue weighted by atomic mass is 32.2. The molecule has 1 aliphatic rings. The molecule has 0 spiro atoms. The normalized spacial score (nSPS) is 20.0. The Hall–Kier alpha value is -2.30. The zero-order valence-electron chi connectivity index (χ0n) is 12.6. The third-order valence-corrected chi connectivity index (χ3v) is 6.98. The van der Waals surface area contributed by atoms with E-state index < -0.39 is 16.1 Å². The lowest BCUT2D eigenvalue weighted by molar-refractivity contribution is 0.0927. The summed E-state index contributed by atoms with van der Waals surface area (Å²) in [6.07, 6.45) is 1.63. The van der Waals surface area contributed by atoms with Crippen LogP contribution in [-0.2, 0) is 10.0 Å². The number of hydrogen-bond acceptors (Lipinski definition) is 6. The number of carbonyl (C=O) groups is 1. The molecule has 0 fully saturated rings. The average Bonchev–Trinajstić information content (AvgIpc) is 3.21. The van der Waals surface area contributed by atoms with Gasteiger partial charge in [-0.15, -0.1) is 11.3 Å². The van der Waals surface area contributed by atoms with E-state index in [9.17, 15) is 13.2 Å². The van der Waals surface area contributed by atoms with Gasteiger partial charge in [0.15, 0.2) is 5.65 Å². The van der Waals surface area contributed by atoms with E-state index in [1.165, 1.54) is 22.7 Å². The Balaban J connectivity index is 1.64. The van der Waals surface area contributed by atoms with Crippen molar-refractivity contribution in [3.8, 4) is 0 Å². The van der Waals surface area contributed by atoms with Gasteiger partial charge in [-0.2, -0.15) is 9.40 Å². The lowest BCUT2D eigenvalue weighted by atomic mass is 10.2. The number of hydrogen-bond donors (Lipinski definition) is 2. The molecule has 1 unspecified atom stereocenters. The van der Waals surface area contributed by atoms with Gasteiger partial charge in [0.05, 0.1) is 17.1 Å². The Labute approximate surface area is 141 Å². The summed E-state index contributed by atoms with van der Waals surface area (Å²) >= 11 is 1.32. The van der Waals surface area contributed by atoms with E-state index in [1.54, 1.807) is 29.8 Å². The molecule has 10 heteroatoms. The number of H-pyrrole nitrogens is 1. The van der Waals surface area contributed by atoms with Gasteiger partial charge < -0.3 is 5.32 Å². The van der Waals surface area contributed by atoms with Gasteiger partial charge in [-0.3, -0.25) is 9.89 Å². The van der Waals surface area contributed by atoms with Crippen LogP contribution in [0, 0.1) is 0 Å². The second-order valence-corrected chi connectivity index (χ2v) is 8.43. The highest BCUT2D eigenvalue weighted by Crippen LogP contribution is 2.35. The van der Waals surface area contributed by atoms with Crippen LogP contribution in [0.1, 0.15) is 21.4 Å². The summed E-state index contributed by atoms with van der Waals surface area (Å²) in [6.45, 7) is 0.188. The van der Waals surface area contributed by atoms with E-state index in [2.05, 4.69) is 20.5 Å². The van der Waals surface area contributed by atoms with Crippen LogP contribution in [0.15, 0.2) is 34.7 Å². The van der Waals surface area contributed by atoms with E-state index in [1.807, 2.05) is 0 Å². The molecular weight excluding hydrogens is 350 g/mol. The van der Waals surface area contributed by atoms with Gasteiger partial charge >= 0.3 is 0 Å². The average molecular weight is 363 g/mol. The first-order valence-corrected chi connectivity index (χ1v) is 9.43. The third-order valence-electron chi connectivity index (χ3n) is 3.94. The van der Waals surface area contributed by atoms with E-state index in [0.29, 0.717) is 10.5 Å². The molecule has 1 atom stereocenters. The summed E-state index contributed by atoms with van der Waals surface area (Å²) in [4.78, 5) is 17.6. The van der Waals surface area contributed by atoms with Crippen LogP contribution < -0.4 is 5.32 Å². The van der Waals surface area contributed by atoms with Crippen molar-refractivity contribution in [2.45, 2.75) is 10.9 Å². The lowest BCUT2D eigenvalue weighted by Crippen LogP contribution is -2.43. The first-order chi connectivity index (χ1) is 11.5. The maximum Gasteiger partial charge on any atom is 0.270 e. The number of carbonyl (C=O) groups excluding carboxylic acids is 1. The summed E-state index contributed by atoms with van der Waals surface area (Å²) in [5.74, 6) is -0.358. The molecule has 1 amide bonds. The predicted molar refractivity (Wildman–Crippen MR) is 88.2 cm³/mol. The number of nitrogens with zero attached hydrogens (tertiary/aromatic N) is 3. The van der Waals surface area contributed by atoms with Crippen LogP contribution >= 0.6 is 11.3 Å². The molecule has 0 bridgehead atoms. The topological polar surface area (TPSA) is 108 Å². The number of aromatic amines is 1. The molecule has 4 rings (SSSR count). The SMILES string of the molecule is CN1CC(NC(=O)c2ccc3cn[nH]c3n2)c2sccc2S1(=O)=O. The molecule has 8 nitrogen and oxygen atoms in total. The molecule has 0 radical (unpaired) electrons. The molecule has 0 aromatic carbocycles. The molecule has 124 valence electrons. The van der Waals surface area contributed by atoms with Gasteiger partial charge in [0.25, 0.3) is 5.91 Å². The summed E-state index contributed by atoms with van der Waals surface area (Å²) in [5.41, 5.74) is 0.781.